The number of amides is 3. The van der Waals surface area contributed by atoms with Gasteiger partial charge in [0.25, 0.3) is 5.91 Å². The third kappa shape index (κ3) is 1.80. The van der Waals surface area contributed by atoms with E-state index < -0.39 is 5.54 Å². The number of imide groups is 1. The number of fused-ring (bicyclic) bond motifs is 2. The molecule has 2 heterocycles. The van der Waals surface area contributed by atoms with Gasteiger partial charge < -0.3 is 10.1 Å². The van der Waals surface area contributed by atoms with Crippen LogP contribution in [0, 0.1) is 0 Å². The van der Waals surface area contributed by atoms with Crippen LogP contribution in [0.25, 0.3) is 0 Å². The first-order valence-electron chi connectivity index (χ1n) is 7.55. The highest BCUT2D eigenvalue weighted by Crippen LogP contribution is 2.41. The molecule has 1 aromatic carbocycles. The Bertz CT molecular complexity index is 609. The SMILES string of the molecule is O=C1N[C@@]2(CCc3ccccc32)C(=O)N1C[C@H]1CCCO1. The van der Waals surface area contributed by atoms with Crippen molar-refractivity contribution in [2.75, 3.05) is 13.2 Å². The average molecular weight is 286 g/mol. The monoisotopic (exact) mass is 286 g/mol. The molecule has 4 rings (SSSR count). The van der Waals surface area contributed by atoms with Crippen LogP contribution in [0.5, 0.6) is 0 Å². The van der Waals surface area contributed by atoms with E-state index in [1.165, 1.54) is 4.90 Å². The molecule has 3 aliphatic rings. The summed E-state index contributed by atoms with van der Waals surface area (Å²) < 4.78 is 5.56. The quantitative estimate of drug-likeness (QED) is 0.839. The van der Waals surface area contributed by atoms with E-state index in [-0.39, 0.29) is 18.0 Å². The number of nitrogens with zero attached hydrogens (tertiary/aromatic N) is 1. The summed E-state index contributed by atoms with van der Waals surface area (Å²) in [5.74, 6) is -0.118. The van der Waals surface area contributed by atoms with E-state index in [9.17, 15) is 9.59 Å². The van der Waals surface area contributed by atoms with Crippen molar-refractivity contribution in [3.63, 3.8) is 0 Å². The minimum Gasteiger partial charge on any atom is -0.376 e. The Hall–Kier alpha value is -1.88. The van der Waals surface area contributed by atoms with Gasteiger partial charge in [0.2, 0.25) is 0 Å². The van der Waals surface area contributed by atoms with Gasteiger partial charge in [-0.05, 0) is 36.8 Å². The van der Waals surface area contributed by atoms with Gasteiger partial charge in [0.05, 0.1) is 12.6 Å². The second-order valence-corrected chi connectivity index (χ2v) is 6.04. The van der Waals surface area contributed by atoms with E-state index in [0.717, 1.165) is 37.0 Å². The van der Waals surface area contributed by atoms with Crippen molar-refractivity contribution in [1.82, 2.24) is 10.2 Å². The molecule has 3 amide bonds. The molecule has 2 fully saturated rings. The van der Waals surface area contributed by atoms with Crippen LogP contribution < -0.4 is 5.32 Å². The van der Waals surface area contributed by atoms with Crippen LogP contribution in [-0.2, 0) is 21.5 Å². The van der Waals surface area contributed by atoms with Crippen molar-refractivity contribution in [2.24, 2.45) is 0 Å². The van der Waals surface area contributed by atoms with Gasteiger partial charge in [0, 0.05) is 6.61 Å². The van der Waals surface area contributed by atoms with Crippen LogP contribution >= 0.6 is 0 Å². The van der Waals surface area contributed by atoms with Crippen LogP contribution in [0.15, 0.2) is 24.3 Å². The second kappa shape index (κ2) is 4.56. The van der Waals surface area contributed by atoms with Gasteiger partial charge in [0.1, 0.15) is 5.54 Å². The predicted octanol–water partition coefficient (Wildman–Crippen LogP) is 1.56. The molecule has 2 saturated heterocycles. The van der Waals surface area contributed by atoms with Gasteiger partial charge in [-0.25, -0.2) is 4.79 Å². The number of aryl methyl sites for hydroxylation is 1. The molecule has 1 N–H and O–H groups in total. The molecule has 5 nitrogen and oxygen atoms in total. The number of rotatable bonds is 2. The Balaban J connectivity index is 1.64. The molecule has 21 heavy (non-hydrogen) atoms. The molecular weight excluding hydrogens is 268 g/mol. The lowest BCUT2D eigenvalue weighted by atomic mass is 9.92. The van der Waals surface area contributed by atoms with Crippen molar-refractivity contribution >= 4 is 11.9 Å². The molecule has 1 spiro atoms. The van der Waals surface area contributed by atoms with Gasteiger partial charge in [-0.2, -0.15) is 0 Å². The highest BCUT2D eigenvalue weighted by molar-refractivity contribution is 6.08. The Labute approximate surface area is 123 Å². The Morgan fingerprint density at radius 2 is 2.19 bits per heavy atom. The fourth-order valence-electron chi connectivity index (χ4n) is 3.75. The number of urea groups is 1. The third-order valence-corrected chi connectivity index (χ3v) is 4.83. The first-order valence-corrected chi connectivity index (χ1v) is 7.55. The Morgan fingerprint density at radius 1 is 1.33 bits per heavy atom. The van der Waals surface area contributed by atoms with Crippen molar-refractivity contribution in [2.45, 2.75) is 37.3 Å². The fraction of sp³-hybridized carbons (Fsp3) is 0.500. The number of carbonyl (C=O) groups is 2. The largest absolute Gasteiger partial charge is 0.376 e. The van der Waals surface area contributed by atoms with Crippen LogP contribution in [0.3, 0.4) is 0 Å². The van der Waals surface area contributed by atoms with Gasteiger partial charge in [-0.3, -0.25) is 9.69 Å². The highest BCUT2D eigenvalue weighted by atomic mass is 16.5. The maximum absolute atomic E-state index is 12.9. The molecule has 1 aliphatic carbocycles. The normalized spacial score (nSPS) is 31.0. The summed E-state index contributed by atoms with van der Waals surface area (Å²) in [5, 5.41) is 2.94. The molecule has 0 radical (unpaired) electrons. The summed E-state index contributed by atoms with van der Waals surface area (Å²) in [5.41, 5.74) is 1.27. The standard InChI is InChI=1S/C16H18N2O3/c19-14-16(8-7-11-4-1-2-6-13(11)16)17-15(20)18(14)10-12-5-3-9-21-12/h1-2,4,6,12H,3,5,7-10H2,(H,17,20)/t12-,16-/m1/s1. The van der Waals surface area contributed by atoms with Crippen molar-refractivity contribution in [1.29, 1.82) is 0 Å². The third-order valence-electron chi connectivity index (χ3n) is 4.83. The van der Waals surface area contributed by atoms with Gasteiger partial charge in [-0.15, -0.1) is 0 Å². The van der Waals surface area contributed by atoms with Gasteiger partial charge in [0.15, 0.2) is 0 Å². The number of carbonyl (C=O) groups excluding carboxylic acids is 2. The lowest BCUT2D eigenvalue weighted by molar-refractivity contribution is -0.132. The van der Waals surface area contributed by atoms with Crippen LogP contribution in [0.2, 0.25) is 0 Å². The zero-order valence-electron chi connectivity index (χ0n) is 11.8. The van der Waals surface area contributed by atoms with Crippen molar-refractivity contribution in [3.8, 4) is 0 Å². The molecular formula is C16H18N2O3. The molecule has 0 saturated carbocycles. The number of hydrogen-bond donors (Lipinski definition) is 1. The van der Waals surface area contributed by atoms with Gasteiger partial charge in [-0.1, -0.05) is 24.3 Å². The number of benzene rings is 1. The minimum absolute atomic E-state index is 0.00787. The first-order chi connectivity index (χ1) is 10.2. The molecule has 2 aliphatic heterocycles. The first kappa shape index (κ1) is 12.8. The van der Waals surface area contributed by atoms with E-state index in [1.807, 2.05) is 24.3 Å². The lowest BCUT2D eigenvalue weighted by Gasteiger charge is -2.23. The summed E-state index contributed by atoms with van der Waals surface area (Å²) in [6, 6.07) is 7.60. The minimum atomic E-state index is -0.841. The van der Waals surface area contributed by atoms with Gasteiger partial charge >= 0.3 is 6.03 Å². The van der Waals surface area contributed by atoms with Crippen molar-refractivity contribution in [3.05, 3.63) is 35.4 Å². The second-order valence-electron chi connectivity index (χ2n) is 6.04. The van der Waals surface area contributed by atoms with E-state index in [1.54, 1.807) is 0 Å². The highest BCUT2D eigenvalue weighted by Gasteiger charge is 2.55. The number of nitrogens with one attached hydrogen (secondary N) is 1. The molecule has 110 valence electrons. The summed E-state index contributed by atoms with van der Waals surface area (Å²) >= 11 is 0. The number of ether oxygens (including phenoxy) is 1. The summed E-state index contributed by atoms with van der Waals surface area (Å²) in [6.07, 6.45) is 3.39. The molecule has 5 heteroatoms. The number of hydrogen-bond acceptors (Lipinski definition) is 3. The zero-order chi connectivity index (χ0) is 14.4. The predicted molar refractivity (Wildman–Crippen MR) is 75.7 cm³/mol. The van der Waals surface area contributed by atoms with E-state index in [0.29, 0.717) is 13.0 Å². The van der Waals surface area contributed by atoms with E-state index in [2.05, 4.69) is 5.32 Å². The summed E-state index contributed by atoms with van der Waals surface area (Å²) in [7, 11) is 0. The van der Waals surface area contributed by atoms with Crippen LogP contribution in [0.4, 0.5) is 4.79 Å². The average Bonchev–Trinajstić information content (AvgIpc) is 3.17. The molecule has 0 unspecified atom stereocenters. The van der Waals surface area contributed by atoms with Crippen LogP contribution in [0.1, 0.15) is 30.4 Å². The molecule has 2 atom stereocenters. The Morgan fingerprint density at radius 3 is 3.00 bits per heavy atom. The summed E-state index contributed by atoms with van der Waals surface area (Å²) in [6.45, 7) is 1.09. The summed E-state index contributed by atoms with van der Waals surface area (Å²) in [4.78, 5) is 26.5. The fourth-order valence-corrected chi connectivity index (χ4v) is 3.75. The van der Waals surface area contributed by atoms with E-state index >= 15 is 0 Å². The molecule has 1 aromatic rings. The lowest BCUT2D eigenvalue weighted by Crippen LogP contribution is -2.42. The topological polar surface area (TPSA) is 58.6 Å². The van der Waals surface area contributed by atoms with E-state index in [4.69, 9.17) is 4.74 Å². The maximum Gasteiger partial charge on any atom is 0.325 e. The molecule has 0 bridgehead atoms. The molecule has 0 aromatic heterocycles. The maximum atomic E-state index is 12.9. The van der Waals surface area contributed by atoms with Crippen LogP contribution in [-0.4, -0.2) is 36.1 Å². The van der Waals surface area contributed by atoms with Crippen molar-refractivity contribution < 1.29 is 14.3 Å². The Kier molecular flexibility index (Phi) is 2.79. The smallest absolute Gasteiger partial charge is 0.325 e. The zero-order valence-corrected chi connectivity index (χ0v) is 11.8.